The van der Waals surface area contributed by atoms with Crippen molar-refractivity contribution in [1.29, 1.82) is 0 Å². The molecule has 3 fully saturated rings. The van der Waals surface area contributed by atoms with Gasteiger partial charge in [0, 0.05) is 24.7 Å². The Kier molecular flexibility index (Phi) is 10.8. The van der Waals surface area contributed by atoms with Gasteiger partial charge < -0.3 is 33.3 Å². The van der Waals surface area contributed by atoms with Crippen LogP contribution in [-0.4, -0.2) is 59.6 Å². The first-order valence-electron chi connectivity index (χ1n) is 13.5. The molecule has 0 spiro atoms. The molecule has 3 aliphatic rings. The molecule has 1 aromatic heterocycles. The van der Waals surface area contributed by atoms with Crippen LogP contribution >= 0.6 is 22.6 Å². The van der Waals surface area contributed by atoms with E-state index in [1.165, 1.54) is 0 Å². The van der Waals surface area contributed by atoms with Gasteiger partial charge in [-0.1, -0.05) is 54.7 Å². The SMILES string of the molecule is C=C1C[C@H](C[C@@H]2CCO[C@H](c3coc(C=CC[C@H]4O[C@@H](C(C)=CI)[C@H](C)[C@@H](O)[C@H]4C)n3)O2)O[C@@H](CC=O)C1. The summed E-state index contributed by atoms with van der Waals surface area (Å²) in [6, 6.07) is 0. The summed E-state index contributed by atoms with van der Waals surface area (Å²) < 4.78 is 32.2. The molecule has 3 aliphatic heterocycles. The van der Waals surface area contributed by atoms with Gasteiger partial charge in [0.05, 0.1) is 43.2 Å². The highest BCUT2D eigenvalue weighted by molar-refractivity contribution is 14.1. The molecule has 9 atom stereocenters. The third-order valence-corrected chi connectivity index (χ3v) is 8.80. The van der Waals surface area contributed by atoms with E-state index in [2.05, 4.69) is 34.2 Å². The van der Waals surface area contributed by atoms with Gasteiger partial charge in [-0.25, -0.2) is 4.98 Å². The van der Waals surface area contributed by atoms with E-state index in [1.54, 1.807) is 6.26 Å². The second kappa shape index (κ2) is 13.8. The number of aldehydes is 1. The predicted octanol–water partition coefficient (Wildman–Crippen LogP) is 5.70. The molecule has 0 radical (unpaired) electrons. The fraction of sp³-hybridized carbons (Fsp3) is 0.655. The minimum absolute atomic E-state index is 0.0117. The van der Waals surface area contributed by atoms with Gasteiger partial charge in [0.2, 0.25) is 12.2 Å². The Balaban J connectivity index is 1.31. The number of aliphatic hydroxyl groups is 1. The van der Waals surface area contributed by atoms with Gasteiger partial charge in [-0.05, 0) is 48.3 Å². The van der Waals surface area contributed by atoms with Crippen LogP contribution in [0.15, 0.2) is 38.6 Å². The third-order valence-electron chi connectivity index (χ3n) is 7.82. The molecule has 8 nitrogen and oxygen atoms in total. The molecule has 0 saturated carbocycles. The topological polar surface area (TPSA) is 100 Å². The van der Waals surface area contributed by atoms with Gasteiger partial charge in [0.25, 0.3) is 0 Å². The molecule has 0 aromatic carbocycles. The van der Waals surface area contributed by atoms with Gasteiger partial charge in [-0.2, -0.15) is 0 Å². The van der Waals surface area contributed by atoms with Crippen LogP contribution < -0.4 is 0 Å². The number of aliphatic hydroxyl groups excluding tert-OH is 1. The summed E-state index contributed by atoms with van der Waals surface area (Å²) in [7, 11) is 0. The van der Waals surface area contributed by atoms with E-state index in [0.717, 1.165) is 43.1 Å². The Morgan fingerprint density at radius 1 is 1.16 bits per heavy atom. The molecule has 4 rings (SSSR count). The normalized spacial score (nSPS) is 37.0. The number of hydrogen-bond donors (Lipinski definition) is 1. The molecule has 0 aliphatic carbocycles. The van der Waals surface area contributed by atoms with Gasteiger partial charge in [0.15, 0.2) is 0 Å². The number of aromatic nitrogens is 1. The molecular weight excluding hydrogens is 601 g/mol. The Morgan fingerprint density at radius 3 is 2.71 bits per heavy atom. The number of ether oxygens (including phenoxy) is 4. The van der Waals surface area contributed by atoms with Gasteiger partial charge >= 0.3 is 0 Å². The van der Waals surface area contributed by atoms with E-state index >= 15 is 0 Å². The highest BCUT2D eigenvalue weighted by Gasteiger charge is 2.40. The van der Waals surface area contributed by atoms with Crippen molar-refractivity contribution in [2.24, 2.45) is 11.8 Å². The van der Waals surface area contributed by atoms with Crippen LogP contribution in [0.2, 0.25) is 0 Å². The van der Waals surface area contributed by atoms with E-state index in [9.17, 15) is 9.90 Å². The highest BCUT2D eigenvalue weighted by atomic mass is 127. The standard InChI is InChI=1S/C29H40INO7/c1-17-12-21(8-10-32)36-23(13-17)14-22-9-11-34-29(37-22)24-16-35-26(31-24)7-5-6-25-19(3)27(33)20(4)28(38-25)18(2)15-30/h5,7,10,15-16,19-23,25,27-29,33H,1,6,8-9,11-14H2,2-4H3/t19-,20+,21-,22-,23+,25+,27-,28-,29-/m0/s1. The smallest absolute Gasteiger partial charge is 0.218 e. The fourth-order valence-electron chi connectivity index (χ4n) is 5.65. The van der Waals surface area contributed by atoms with E-state index in [1.807, 2.05) is 37.0 Å². The Bertz CT molecular complexity index is 1010. The van der Waals surface area contributed by atoms with Crippen LogP contribution in [0.4, 0.5) is 0 Å². The molecule has 1 aromatic rings. The summed E-state index contributed by atoms with van der Waals surface area (Å²) in [5, 5.41) is 10.8. The molecule has 0 unspecified atom stereocenters. The Morgan fingerprint density at radius 2 is 1.95 bits per heavy atom. The summed E-state index contributed by atoms with van der Waals surface area (Å²) in [5.74, 6) is 0.536. The summed E-state index contributed by atoms with van der Waals surface area (Å²) in [4.78, 5) is 15.5. The van der Waals surface area contributed by atoms with Crippen LogP contribution in [0, 0.1) is 11.8 Å². The summed E-state index contributed by atoms with van der Waals surface area (Å²) in [6.45, 7) is 10.8. The lowest BCUT2D eigenvalue weighted by Gasteiger charge is -2.43. The average molecular weight is 642 g/mol. The van der Waals surface area contributed by atoms with Crippen molar-refractivity contribution in [2.75, 3.05) is 6.61 Å². The number of oxazole rings is 1. The van der Waals surface area contributed by atoms with Gasteiger partial charge in [-0.3, -0.25) is 0 Å². The molecule has 210 valence electrons. The van der Waals surface area contributed by atoms with Crippen molar-refractivity contribution < 1.29 is 33.3 Å². The lowest BCUT2D eigenvalue weighted by atomic mass is 9.80. The van der Waals surface area contributed by atoms with Gasteiger partial charge in [-0.15, -0.1) is 0 Å². The third kappa shape index (κ3) is 7.42. The van der Waals surface area contributed by atoms with Crippen molar-refractivity contribution in [1.82, 2.24) is 4.98 Å². The van der Waals surface area contributed by atoms with E-state index in [0.29, 0.717) is 31.0 Å². The minimum atomic E-state index is -0.598. The second-order valence-electron chi connectivity index (χ2n) is 10.8. The maximum absolute atomic E-state index is 10.9. The van der Waals surface area contributed by atoms with Crippen molar-refractivity contribution in [2.45, 2.75) is 102 Å². The number of rotatable bonds is 9. The quantitative estimate of drug-likeness (QED) is 0.208. The zero-order chi connectivity index (χ0) is 27.2. The first kappa shape index (κ1) is 29.6. The largest absolute Gasteiger partial charge is 0.445 e. The van der Waals surface area contributed by atoms with Crippen molar-refractivity contribution in [3.8, 4) is 0 Å². The fourth-order valence-corrected chi connectivity index (χ4v) is 6.00. The molecule has 1 N–H and O–H groups in total. The molecule has 0 amide bonds. The van der Waals surface area contributed by atoms with Crippen molar-refractivity contribution in [3.05, 3.63) is 45.7 Å². The van der Waals surface area contributed by atoms with Crippen LogP contribution in [-0.2, 0) is 23.7 Å². The molecule has 4 heterocycles. The monoisotopic (exact) mass is 641 g/mol. The molecule has 3 saturated heterocycles. The Labute approximate surface area is 239 Å². The van der Waals surface area contributed by atoms with Crippen molar-refractivity contribution in [3.63, 3.8) is 0 Å². The molecule has 9 heteroatoms. The molecule has 0 bridgehead atoms. The second-order valence-corrected chi connectivity index (χ2v) is 11.5. The van der Waals surface area contributed by atoms with E-state index < -0.39 is 12.4 Å². The van der Waals surface area contributed by atoms with E-state index in [-0.39, 0.29) is 42.4 Å². The minimum Gasteiger partial charge on any atom is -0.445 e. The van der Waals surface area contributed by atoms with Crippen molar-refractivity contribution >= 4 is 35.0 Å². The lowest BCUT2D eigenvalue weighted by Crippen LogP contribution is -2.49. The maximum Gasteiger partial charge on any atom is 0.218 e. The first-order chi connectivity index (χ1) is 18.3. The van der Waals surface area contributed by atoms with Gasteiger partial charge in [0.1, 0.15) is 18.2 Å². The summed E-state index contributed by atoms with van der Waals surface area (Å²) in [5.41, 5.74) is 2.84. The predicted molar refractivity (Wildman–Crippen MR) is 151 cm³/mol. The number of carbonyl (C=O) groups is 1. The maximum atomic E-state index is 10.9. The number of halogens is 1. The molecule has 38 heavy (non-hydrogen) atoms. The zero-order valence-electron chi connectivity index (χ0n) is 22.5. The van der Waals surface area contributed by atoms with Crippen LogP contribution in [0.25, 0.3) is 6.08 Å². The summed E-state index contributed by atoms with van der Waals surface area (Å²) >= 11 is 2.22. The number of nitrogens with zero attached hydrogens (tertiary/aromatic N) is 1. The van der Waals surface area contributed by atoms with Crippen LogP contribution in [0.1, 0.15) is 77.2 Å². The first-order valence-corrected chi connectivity index (χ1v) is 14.8. The van der Waals surface area contributed by atoms with Crippen LogP contribution in [0.3, 0.4) is 0 Å². The summed E-state index contributed by atoms with van der Waals surface area (Å²) in [6.07, 6.45) is 8.98. The number of carbonyl (C=O) groups excluding carboxylic acids is 1. The molecular formula is C29H40INO7. The lowest BCUT2D eigenvalue weighted by molar-refractivity contribution is -0.227. The van der Waals surface area contributed by atoms with Crippen LogP contribution in [0.5, 0.6) is 0 Å². The van der Waals surface area contributed by atoms with E-state index in [4.69, 9.17) is 23.4 Å². The zero-order valence-corrected chi connectivity index (χ0v) is 24.6. The number of hydrogen-bond acceptors (Lipinski definition) is 8. The Hall–Kier alpha value is -1.37. The average Bonchev–Trinajstić information content (AvgIpc) is 3.37. The highest BCUT2D eigenvalue weighted by Crippen LogP contribution is 2.36.